The van der Waals surface area contributed by atoms with Gasteiger partial charge in [0.2, 0.25) is 0 Å². The number of aryl methyl sites for hydroxylation is 1. The number of benzene rings is 4. The number of anilines is 1. The maximum atomic E-state index is 12.6. The van der Waals surface area contributed by atoms with Gasteiger partial charge in [-0.05, 0) is 47.5 Å². The number of carboxylic acids is 1. The summed E-state index contributed by atoms with van der Waals surface area (Å²) in [6.45, 7) is 2.08. The Bertz CT molecular complexity index is 1590. The molecular formula is C31H29N3O4. The van der Waals surface area contributed by atoms with E-state index in [2.05, 4.69) is 15.6 Å². The monoisotopic (exact) mass is 507 g/mol. The second-order valence-corrected chi connectivity index (χ2v) is 9.30. The second kappa shape index (κ2) is 11.2. The first-order valence-electron chi connectivity index (χ1n) is 12.5. The molecule has 38 heavy (non-hydrogen) atoms. The van der Waals surface area contributed by atoms with Crippen molar-refractivity contribution in [2.75, 3.05) is 11.9 Å². The number of fused-ring (bicyclic) bond motifs is 2. The van der Waals surface area contributed by atoms with Gasteiger partial charge in [-0.1, -0.05) is 66.2 Å². The van der Waals surface area contributed by atoms with E-state index < -0.39 is 12.0 Å². The van der Waals surface area contributed by atoms with Gasteiger partial charge in [-0.15, -0.1) is 0 Å². The van der Waals surface area contributed by atoms with Crippen molar-refractivity contribution in [3.63, 3.8) is 0 Å². The minimum absolute atomic E-state index is 0.170. The first kappa shape index (κ1) is 25.0. The van der Waals surface area contributed by atoms with Crippen LogP contribution in [0.5, 0.6) is 5.75 Å². The first-order chi connectivity index (χ1) is 18.5. The van der Waals surface area contributed by atoms with E-state index in [1.54, 1.807) is 0 Å². The van der Waals surface area contributed by atoms with Crippen LogP contribution < -0.4 is 15.4 Å². The lowest BCUT2D eigenvalue weighted by atomic mass is 10.0. The molecule has 0 fully saturated rings. The van der Waals surface area contributed by atoms with Gasteiger partial charge in [-0.25, -0.2) is 0 Å². The number of rotatable bonds is 10. The number of carbonyl (C=O) groups is 2. The van der Waals surface area contributed by atoms with E-state index in [4.69, 9.17) is 4.74 Å². The molecule has 0 aliphatic carbocycles. The van der Waals surface area contributed by atoms with Gasteiger partial charge in [-0.3, -0.25) is 14.9 Å². The van der Waals surface area contributed by atoms with Crippen molar-refractivity contribution in [2.24, 2.45) is 0 Å². The van der Waals surface area contributed by atoms with Crippen LogP contribution in [0.1, 0.15) is 16.7 Å². The summed E-state index contributed by atoms with van der Waals surface area (Å²) in [7, 11) is 0. The van der Waals surface area contributed by atoms with E-state index in [1.807, 2.05) is 98.0 Å². The van der Waals surface area contributed by atoms with E-state index in [1.165, 1.54) is 0 Å². The average Bonchev–Trinajstić information content (AvgIpc) is 3.34. The van der Waals surface area contributed by atoms with Crippen LogP contribution in [-0.2, 0) is 22.6 Å². The zero-order valence-corrected chi connectivity index (χ0v) is 21.0. The van der Waals surface area contributed by atoms with Gasteiger partial charge in [0.25, 0.3) is 5.91 Å². The summed E-state index contributed by atoms with van der Waals surface area (Å²) < 4.78 is 5.95. The van der Waals surface area contributed by atoms with Gasteiger partial charge in [0.05, 0.1) is 0 Å². The Morgan fingerprint density at radius 3 is 2.45 bits per heavy atom. The van der Waals surface area contributed by atoms with Crippen LogP contribution in [0.3, 0.4) is 0 Å². The number of para-hydroxylation sites is 1. The maximum Gasteiger partial charge on any atom is 0.321 e. The molecule has 192 valence electrons. The summed E-state index contributed by atoms with van der Waals surface area (Å²) in [6, 6.07) is 26.2. The minimum atomic E-state index is -0.935. The van der Waals surface area contributed by atoms with Gasteiger partial charge >= 0.3 is 5.97 Å². The zero-order chi connectivity index (χ0) is 26.5. The molecule has 4 N–H and O–H groups in total. The third-order valence-electron chi connectivity index (χ3n) is 6.61. The van der Waals surface area contributed by atoms with E-state index in [0.717, 1.165) is 38.4 Å². The number of nitrogens with one attached hydrogen (secondary N) is 3. The van der Waals surface area contributed by atoms with Crippen molar-refractivity contribution in [1.82, 2.24) is 10.3 Å². The topological polar surface area (TPSA) is 103 Å². The van der Waals surface area contributed by atoms with E-state index in [9.17, 15) is 14.7 Å². The smallest absolute Gasteiger partial charge is 0.321 e. The number of amides is 1. The fourth-order valence-corrected chi connectivity index (χ4v) is 4.60. The Hall–Kier alpha value is -4.62. The van der Waals surface area contributed by atoms with Crippen molar-refractivity contribution >= 4 is 39.2 Å². The largest absolute Gasteiger partial charge is 0.483 e. The Balaban J connectivity index is 1.33. The predicted octanol–water partition coefficient (Wildman–Crippen LogP) is 5.43. The van der Waals surface area contributed by atoms with Crippen molar-refractivity contribution in [3.8, 4) is 5.75 Å². The molecule has 0 saturated heterocycles. The summed E-state index contributed by atoms with van der Waals surface area (Å²) in [5, 5.41) is 19.0. The number of carboxylic acid groups (broad SMARTS) is 1. The summed E-state index contributed by atoms with van der Waals surface area (Å²) in [5.74, 6) is -0.675. The lowest BCUT2D eigenvalue weighted by Crippen LogP contribution is -2.38. The molecule has 0 aliphatic heterocycles. The lowest BCUT2D eigenvalue weighted by Gasteiger charge is -2.18. The highest BCUT2D eigenvalue weighted by atomic mass is 16.5. The van der Waals surface area contributed by atoms with Crippen LogP contribution in [0.25, 0.3) is 21.7 Å². The number of carbonyl (C=O) groups excluding carboxylic acids is 1. The van der Waals surface area contributed by atoms with Crippen LogP contribution in [0.2, 0.25) is 0 Å². The number of aromatic amines is 1. The maximum absolute atomic E-state index is 12.6. The highest BCUT2D eigenvalue weighted by Gasteiger charge is 2.21. The normalized spacial score (nSPS) is 11.9. The SMILES string of the molecule is Cc1ccc(NC(=O)COc2ccc3ccccc3c2CN[C@@H](Cc2c[nH]c3ccccc23)C(=O)O)cc1. The van der Waals surface area contributed by atoms with Gasteiger partial charge in [0.1, 0.15) is 11.8 Å². The van der Waals surface area contributed by atoms with Crippen LogP contribution in [0, 0.1) is 6.92 Å². The molecule has 1 aromatic heterocycles. The Morgan fingerprint density at radius 1 is 0.921 bits per heavy atom. The third-order valence-corrected chi connectivity index (χ3v) is 6.61. The Morgan fingerprint density at radius 2 is 1.66 bits per heavy atom. The average molecular weight is 508 g/mol. The Kier molecular flexibility index (Phi) is 7.38. The number of aliphatic carboxylic acids is 1. The van der Waals surface area contributed by atoms with Gasteiger partial charge in [0, 0.05) is 41.3 Å². The highest BCUT2D eigenvalue weighted by molar-refractivity contribution is 5.92. The van der Waals surface area contributed by atoms with Gasteiger partial charge < -0.3 is 20.1 Å². The molecule has 0 spiro atoms. The quantitative estimate of drug-likeness (QED) is 0.202. The molecular weight excluding hydrogens is 478 g/mol. The van der Waals surface area contributed by atoms with Crippen LogP contribution in [0.15, 0.2) is 91.1 Å². The summed E-state index contributed by atoms with van der Waals surface area (Å²) in [4.78, 5) is 27.9. The number of ether oxygens (including phenoxy) is 1. The third kappa shape index (κ3) is 5.68. The fourth-order valence-electron chi connectivity index (χ4n) is 4.60. The van der Waals surface area contributed by atoms with Gasteiger partial charge in [0.15, 0.2) is 6.61 Å². The number of hydrogen-bond donors (Lipinski definition) is 4. The van der Waals surface area contributed by atoms with Crippen LogP contribution in [-0.4, -0.2) is 34.6 Å². The molecule has 5 aromatic rings. The minimum Gasteiger partial charge on any atom is -0.483 e. The lowest BCUT2D eigenvalue weighted by molar-refractivity contribution is -0.139. The van der Waals surface area contributed by atoms with Crippen molar-refractivity contribution in [3.05, 3.63) is 108 Å². The molecule has 0 aliphatic rings. The number of hydrogen-bond acceptors (Lipinski definition) is 4. The van der Waals surface area contributed by atoms with Crippen LogP contribution in [0.4, 0.5) is 5.69 Å². The molecule has 7 heteroatoms. The van der Waals surface area contributed by atoms with E-state index >= 15 is 0 Å². The fraction of sp³-hybridized carbons (Fsp3) is 0.161. The molecule has 4 aromatic carbocycles. The summed E-state index contributed by atoms with van der Waals surface area (Å²) in [5.41, 5.74) is 4.52. The van der Waals surface area contributed by atoms with Gasteiger partial charge in [-0.2, -0.15) is 0 Å². The second-order valence-electron chi connectivity index (χ2n) is 9.30. The van der Waals surface area contributed by atoms with Crippen LogP contribution >= 0.6 is 0 Å². The predicted molar refractivity (Wildman–Crippen MR) is 150 cm³/mol. The van der Waals surface area contributed by atoms with E-state index in [0.29, 0.717) is 17.9 Å². The molecule has 5 rings (SSSR count). The summed E-state index contributed by atoms with van der Waals surface area (Å²) >= 11 is 0. The molecule has 1 heterocycles. The van der Waals surface area contributed by atoms with Crippen molar-refractivity contribution in [2.45, 2.75) is 25.9 Å². The highest BCUT2D eigenvalue weighted by Crippen LogP contribution is 2.29. The summed E-state index contributed by atoms with van der Waals surface area (Å²) in [6.07, 6.45) is 2.18. The molecule has 1 amide bonds. The molecule has 0 radical (unpaired) electrons. The van der Waals surface area contributed by atoms with E-state index in [-0.39, 0.29) is 19.1 Å². The van der Waals surface area contributed by atoms with Crippen molar-refractivity contribution in [1.29, 1.82) is 0 Å². The molecule has 0 unspecified atom stereocenters. The molecule has 0 saturated carbocycles. The standard InChI is InChI=1S/C31H29N3O4/c1-20-10-13-23(14-11-20)34-30(35)19-38-29-15-12-21-6-2-3-7-24(21)26(29)18-33-28(31(36)37)16-22-17-32-27-9-5-4-8-25(22)27/h2-15,17,28,32-33H,16,18-19H2,1H3,(H,34,35)(H,36,37)/t28-/m0/s1. The molecule has 0 bridgehead atoms. The Labute approximate surface area is 220 Å². The van der Waals surface area contributed by atoms with Crippen molar-refractivity contribution < 1.29 is 19.4 Å². The number of H-pyrrole nitrogens is 1. The molecule has 1 atom stereocenters. The zero-order valence-electron chi connectivity index (χ0n) is 21.0. The number of aromatic nitrogens is 1. The molecule has 7 nitrogen and oxygen atoms in total. The first-order valence-corrected chi connectivity index (χ1v) is 12.5.